The van der Waals surface area contributed by atoms with E-state index in [2.05, 4.69) is 26.0 Å². The topological polar surface area (TPSA) is 71.5 Å². The molecule has 9 heteroatoms. The van der Waals surface area contributed by atoms with Gasteiger partial charge in [-0.25, -0.2) is 14.2 Å². The number of pyridine rings is 1. The highest BCUT2D eigenvalue weighted by Crippen LogP contribution is 2.43. The molecule has 8 nitrogen and oxygen atoms in total. The summed E-state index contributed by atoms with van der Waals surface area (Å²) in [5, 5.41) is 8.33. The van der Waals surface area contributed by atoms with Gasteiger partial charge in [0.05, 0.1) is 13.1 Å². The molecule has 0 atom stereocenters. The molecular formula is C31H28FN7O. The van der Waals surface area contributed by atoms with Crippen molar-refractivity contribution in [1.29, 1.82) is 0 Å². The van der Waals surface area contributed by atoms with Gasteiger partial charge in [-0.05, 0) is 79.8 Å². The number of hydrogen-bond donors (Lipinski definition) is 0. The van der Waals surface area contributed by atoms with Gasteiger partial charge in [0.1, 0.15) is 18.0 Å². The lowest BCUT2D eigenvalue weighted by atomic mass is 9.97. The number of halogens is 1. The number of anilines is 1. The summed E-state index contributed by atoms with van der Waals surface area (Å²) in [5.41, 5.74) is 5.59. The molecule has 0 unspecified atom stereocenters. The van der Waals surface area contributed by atoms with E-state index in [-0.39, 0.29) is 18.3 Å². The molecule has 2 fully saturated rings. The molecule has 0 radical (unpaired) electrons. The summed E-state index contributed by atoms with van der Waals surface area (Å²) in [6.07, 6.45) is 6.05. The van der Waals surface area contributed by atoms with E-state index in [1.807, 2.05) is 42.9 Å². The molecule has 0 spiro atoms. The van der Waals surface area contributed by atoms with Crippen LogP contribution >= 0.6 is 0 Å². The maximum absolute atomic E-state index is 15.3. The predicted octanol–water partition coefficient (Wildman–Crippen LogP) is 5.87. The molecule has 1 aliphatic heterocycles. The fourth-order valence-electron chi connectivity index (χ4n) is 5.61. The molecule has 0 N–H and O–H groups in total. The molecule has 2 saturated carbocycles. The number of nitrogens with zero attached hydrogens (tertiary/aromatic N) is 7. The lowest BCUT2D eigenvalue weighted by Crippen LogP contribution is -2.24. The number of aryl methyl sites for hydroxylation is 1. The highest BCUT2D eigenvalue weighted by molar-refractivity contribution is 6.10. The number of aromatic nitrogens is 4. The number of fused-ring (bicyclic) bond motifs is 1. The van der Waals surface area contributed by atoms with Crippen LogP contribution in [0.15, 0.2) is 48.8 Å². The molecular weight excluding hydrogens is 505 g/mol. The third-order valence-corrected chi connectivity index (χ3v) is 8.15. The summed E-state index contributed by atoms with van der Waals surface area (Å²) in [6.45, 7) is 8.28. The Kier molecular flexibility index (Phi) is 5.75. The van der Waals surface area contributed by atoms with Crippen molar-refractivity contribution >= 4 is 17.4 Å². The summed E-state index contributed by atoms with van der Waals surface area (Å²) >= 11 is 0. The number of hydrogen-bond acceptors (Lipinski definition) is 5. The normalized spacial score (nSPS) is 16.5. The fourth-order valence-corrected chi connectivity index (χ4v) is 5.61. The summed E-state index contributed by atoms with van der Waals surface area (Å²) in [4.78, 5) is 26.0. The van der Waals surface area contributed by atoms with Gasteiger partial charge >= 0.3 is 0 Å². The molecule has 2 aromatic carbocycles. The second-order valence-electron chi connectivity index (χ2n) is 11.2. The van der Waals surface area contributed by atoms with Crippen LogP contribution in [-0.2, 0) is 20.1 Å². The van der Waals surface area contributed by atoms with Gasteiger partial charge in [0, 0.05) is 47.9 Å². The van der Waals surface area contributed by atoms with E-state index in [1.165, 1.54) is 12.8 Å². The smallest absolute Gasteiger partial charge is 0.260 e. The summed E-state index contributed by atoms with van der Waals surface area (Å²) in [6, 6.07) is 13.4. The third kappa shape index (κ3) is 4.34. The van der Waals surface area contributed by atoms with E-state index in [0.717, 1.165) is 40.8 Å². The van der Waals surface area contributed by atoms with Gasteiger partial charge in [-0.15, -0.1) is 10.2 Å². The summed E-state index contributed by atoms with van der Waals surface area (Å²) < 4.78 is 17.1. The molecule has 4 aromatic rings. The van der Waals surface area contributed by atoms with Crippen LogP contribution in [0.4, 0.5) is 15.9 Å². The Morgan fingerprint density at radius 2 is 1.90 bits per heavy atom. The first kappa shape index (κ1) is 24.6. The van der Waals surface area contributed by atoms with Crippen molar-refractivity contribution in [2.45, 2.75) is 50.7 Å². The van der Waals surface area contributed by atoms with Crippen LogP contribution in [0.1, 0.15) is 58.8 Å². The fraction of sp³-hybridized carbons (Fsp3) is 0.323. The molecule has 200 valence electrons. The van der Waals surface area contributed by atoms with Crippen molar-refractivity contribution in [2.75, 3.05) is 11.9 Å². The Bertz CT molecular complexity index is 1710. The highest BCUT2D eigenvalue weighted by Gasteiger charge is 2.35. The van der Waals surface area contributed by atoms with Gasteiger partial charge in [0.15, 0.2) is 11.5 Å². The first-order chi connectivity index (χ1) is 19.4. The zero-order valence-electron chi connectivity index (χ0n) is 22.4. The van der Waals surface area contributed by atoms with Crippen molar-refractivity contribution in [3.8, 4) is 22.5 Å². The van der Waals surface area contributed by atoms with Crippen LogP contribution < -0.4 is 4.90 Å². The largest absolute Gasteiger partial charge is 0.317 e. The van der Waals surface area contributed by atoms with Gasteiger partial charge in [-0.3, -0.25) is 14.6 Å². The van der Waals surface area contributed by atoms with Crippen LogP contribution in [0.2, 0.25) is 0 Å². The van der Waals surface area contributed by atoms with Crippen molar-refractivity contribution in [1.82, 2.24) is 24.6 Å². The van der Waals surface area contributed by atoms with Crippen molar-refractivity contribution < 1.29 is 9.18 Å². The number of carbonyl (C=O) groups excluding carboxylic acids is 1. The van der Waals surface area contributed by atoms with Crippen molar-refractivity contribution in [2.24, 2.45) is 7.05 Å². The summed E-state index contributed by atoms with van der Waals surface area (Å²) in [7, 11) is 3.91. The zero-order valence-corrected chi connectivity index (χ0v) is 22.4. The number of carbonyl (C=O) groups is 1. The standard InChI is InChI=1S/C31H28FN7O/c1-33-21-6-9-23(24(14-21)30-36-34-17-38(30)3)20-12-28(19-4-5-19)35-29(13-20)39-16-26-25(31(39)40)10-18(11-27(26)32)15-37(2)22-7-8-22/h6,9-14,17,19,22H,4-5,7-8,15-16H2,2-3H3. The minimum absolute atomic E-state index is 0.145. The van der Waals surface area contributed by atoms with Crippen molar-refractivity contribution in [3.05, 3.63) is 88.4 Å². The van der Waals surface area contributed by atoms with Crippen molar-refractivity contribution in [3.63, 3.8) is 0 Å². The average molecular weight is 534 g/mol. The van der Waals surface area contributed by atoms with Crippen LogP contribution in [-0.4, -0.2) is 43.6 Å². The second kappa shape index (κ2) is 9.35. The van der Waals surface area contributed by atoms with Gasteiger partial charge in [0.2, 0.25) is 0 Å². The Morgan fingerprint density at radius 3 is 2.60 bits per heavy atom. The maximum Gasteiger partial charge on any atom is 0.260 e. The Hall–Kier alpha value is -4.42. The SMILES string of the molecule is [C-]#[N+]c1ccc(-c2cc(C3CC3)nc(N3Cc4c(F)cc(CN(C)C5CC5)cc4C3=O)c2)c(-c2nncn2C)c1. The number of rotatable bonds is 7. The summed E-state index contributed by atoms with van der Waals surface area (Å²) in [5.74, 6) is 0.913. The molecule has 0 bridgehead atoms. The van der Waals surface area contributed by atoms with E-state index in [9.17, 15) is 4.79 Å². The molecule has 1 amide bonds. The van der Waals surface area contributed by atoms with Gasteiger partial charge < -0.3 is 4.57 Å². The monoisotopic (exact) mass is 533 g/mol. The minimum atomic E-state index is -0.342. The Morgan fingerprint density at radius 1 is 1.07 bits per heavy atom. The zero-order chi connectivity index (χ0) is 27.5. The second-order valence-corrected chi connectivity index (χ2v) is 11.2. The third-order valence-electron chi connectivity index (χ3n) is 8.15. The van der Waals surface area contributed by atoms with Crippen LogP contribution in [0, 0.1) is 12.4 Å². The maximum atomic E-state index is 15.3. The molecule has 7 rings (SSSR count). The van der Waals surface area contributed by atoms with Crippen LogP contribution in [0.5, 0.6) is 0 Å². The molecule has 2 aromatic heterocycles. The van der Waals surface area contributed by atoms with Gasteiger partial charge in [-0.1, -0.05) is 12.1 Å². The lowest BCUT2D eigenvalue weighted by molar-refractivity contribution is 0.0995. The van der Waals surface area contributed by atoms with Crippen LogP contribution in [0.25, 0.3) is 27.4 Å². The molecule has 3 heterocycles. The number of benzene rings is 2. The molecule has 40 heavy (non-hydrogen) atoms. The minimum Gasteiger partial charge on any atom is -0.317 e. The predicted molar refractivity (Wildman–Crippen MR) is 149 cm³/mol. The molecule has 3 aliphatic rings. The van der Waals surface area contributed by atoms with E-state index in [4.69, 9.17) is 11.6 Å². The van der Waals surface area contributed by atoms with Crippen LogP contribution in [0.3, 0.4) is 0 Å². The first-order valence-electron chi connectivity index (χ1n) is 13.6. The van der Waals surface area contributed by atoms with Gasteiger partial charge in [0.25, 0.3) is 5.91 Å². The lowest BCUT2D eigenvalue weighted by Gasteiger charge is -2.18. The average Bonchev–Trinajstić information content (AvgIpc) is 3.89. The molecule has 0 saturated heterocycles. The quantitative estimate of drug-likeness (QED) is 0.278. The van der Waals surface area contributed by atoms with E-state index in [0.29, 0.717) is 47.0 Å². The Labute approximate surface area is 231 Å². The number of amides is 1. The van der Waals surface area contributed by atoms with E-state index >= 15 is 4.39 Å². The van der Waals surface area contributed by atoms with E-state index < -0.39 is 0 Å². The first-order valence-corrected chi connectivity index (χ1v) is 13.6. The van der Waals surface area contributed by atoms with Gasteiger partial charge in [-0.2, -0.15) is 0 Å². The Balaban J connectivity index is 1.29. The highest BCUT2D eigenvalue weighted by atomic mass is 19.1. The molecule has 2 aliphatic carbocycles. The van der Waals surface area contributed by atoms with E-state index in [1.54, 1.807) is 23.4 Å².